The lowest BCUT2D eigenvalue weighted by Gasteiger charge is -2.48. The molecule has 3 amide bonds. The van der Waals surface area contributed by atoms with Crippen molar-refractivity contribution in [3.63, 3.8) is 0 Å². The normalized spacial score (nSPS) is 20.7. The molecule has 2 aliphatic heterocycles. The van der Waals surface area contributed by atoms with Crippen molar-refractivity contribution in [3.8, 4) is 0 Å². The zero-order chi connectivity index (χ0) is 23.3. The van der Waals surface area contributed by atoms with Gasteiger partial charge in [-0.05, 0) is 45.4 Å². The van der Waals surface area contributed by atoms with Crippen molar-refractivity contribution in [1.29, 1.82) is 0 Å². The molecular formula is C26H27N3O4. The van der Waals surface area contributed by atoms with Gasteiger partial charge >= 0.3 is 0 Å². The van der Waals surface area contributed by atoms with E-state index >= 15 is 0 Å². The lowest BCUT2D eigenvalue weighted by Crippen LogP contribution is -2.62. The number of hydrogen-bond acceptors (Lipinski definition) is 4. The number of amides is 3. The Morgan fingerprint density at radius 1 is 1.15 bits per heavy atom. The van der Waals surface area contributed by atoms with Crippen LogP contribution in [0.4, 0.5) is 5.69 Å². The van der Waals surface area contributed by atoms with Crippen LogP contribution in [0.15, 0.2) is 52.9 Å². The van der Waals surface area contributed by atoms with Crippen LogP contribution in [0.1, 0.15) is 60.8 Å². The number of hydrogen-bond donors (Lipinski definition) is 1. The van der Waals surface area contributed by atoms with Crippen LogP contribution in [0.3, 0.4) is 0 Å². The Morgan fingerprint density at radius 3 is 2.67 bits per heavy atom. The minimum atomic E-state index is -0.760. The van der Waals surface area contributed by atoms with Crippen molar-refractivity contribution in [2.24, 2.45) is 0 Å². The number of nitrogens with zero attached hydrogens (tertiary/aromatic N) is 2. The SMILES string of the molecule is Cc1c(C(C)NC(=O)CCN2C(=O)c3ccccc3N3C(=O)CCC23C)oc2ccccc12. The molecule has 0 spiro atoms. The van der Waals surface area contributed by atoms with E-state index in [1.807, 2.05) is 57.2 Å². The Morgan fingerprint density at radius 2 is 1.88 bits per heavy atom. The molecule has 33 heavy (non-hydrogen) atoms. The highest BCUT2D eigenvalue weighted by Crippen LogP contribution is 2.44. The maximum absolute atomic E-state index is 13.3. The van der Waals surface area contributed by atoms with Gasteiger partial charge in [0.2, 0.25) is 11.8 Å². The largest absolute Gasteiger partial charge is 0.459 e. The minimum absolute atomic E-state index is 0.000819. The van der Waals surface area contributed by atoms with Crippen LogP contribution < -0.4 is 10.2 Å². The van der Waals surface area contributed by atoms with Crippen LogP contribution in [-0.2, 0) is 9.59 Å². The summed E-state index contributed by atoms with van der Waals surface area (Å²) in [5.41, 5.74) is 2.19. The highest BCUT2D eigenvalue weighted by molar-refractivity contribution is 6.10. The summed E-state index contributed by atoms with van der Waals surface area (Å²) in [7, 11) is 0. The first-order valence-corrected chi connectivity index (χ1v) is 11.3. The van der Waals surface area contributed by atoms with Gasteiger partial charge in [0.25, 0.3) is 5.91 Å². The van der Waals surface area contributed by atoms with E-state index in [4.69, 9.17) is 4.42 Å². The zero-order valence-corrected chi connectivity index (χ0v) is 19.1. The van der Waals surface area contributed by atoms with Gasteiger partial charge in [0, 0.05) is 30.3 Å². The first-order valence-electron chi connectivity index (χ1n) is 11.3. The fraction of sp³-hybridized carbons (Fsp3) is 0.346. The fourth-order valence-electron chi connectivity index (χ4n) is 5.24. The van der Waals surface area contributed by atoms with Crippen molar-refractivity contribution in [2.45, 2.75) is 51.7 Å². The van der Waals surface area contributed by atoms with Crippen LogP contribution in [0.2, 0.25) is 0 Å². The van der Waals surface area contributed by atoms with E-state index in [9.17, 15) is 14.4 Å². The summed E-state index contributed by atoms with van der Waals surface area (Å²) in [5.74, 6) is 0.412. The van der Waals surface area contributed by atoms with Crippen molar-refractivity contribution >= 4 is 34.4 Å². The minimum Gasteiger partial charge on any atom is -0.459 e. The molecule has 1 N–H and O–H groups in total. The number of para-hydroxylation sites is 2. The summed E-state index contributed by atoms with van der Waals surface area (Å²) in [6.07, 6.45) is 1.06. The monoisotopic (exact) mass is 445 g/mol. The number of anilines is 1. The molecule has 0 bridgehead atoms. The Labute approximate surface area is 192 Å². The molecule has 0 saturated carbocycles. The van der Waals surface area contributed by atoms with Gasteiger partial charge in [-0.25, -0.2) is 0 Å². The summed E-state index contributed by atoms with van der Waals surface area (Å²) in [5, 5.41) is 4.03. The quantitative estimate of drug-likeness (QED) is 0.635. The third-order valence-corrected chi connectivity index (χ3v) is 6.96. The molecular weight excluding hydrogens is 418 g/mol. The van der Waals surface area contributed by atoms with Crippen molar-refractivity contribution in [2.75, 3.05) is 11.4 Å². The molecule has 2 aliphatic rings. The van der Waals surface area contributed by atoms with E-state index in [0.29, 0.717) is 24.1 Å². The lowest BCUT2D eigenvalue weighted by molar-refractivity contribution is -0.122. The van der Waals surface area contributed by atoms with Gasteiger partial charge in [-0.1, -0.05) is 30.3 Å². The number of rotatable bonds is 5. The number of nitrogens with one attached hydrogen (secondary N) is 1. The molecule has 3 aromatic rings. The molecule has 170 valence electrons. The molecule has 5 rings (SSSR count). The van der Waals surface area contributed by atoms with Gasteiger partial charge in [0.05, 0.1) is 17.3 Å². The van der Waals surface area contributed by atoms with Gasteiger partial charge < -0.3 is 14.6 Å². The summed E-state index contributed by atoms with van der Waals surface area (Å²) in [4.78, 5) is 42.2. The van der Waals surface area contributed by atoms with Crippen LogP contribution >= 0.6 is 0 Å². The molecule has 7 nitrogen and oxygen atoms in total. The molecule has 1 aromatic heterocycles. The van der Waals surface area contributed by atoms with E-state index in [1.54, 1.807) is 21.9 Å². The Balaban J connectivity index is 1.32. The molecule has 1 fully saturated rings. The number of furan rings is 1. The molecule has 7 heteroatoms. The van der Waals surface area contributed by atoms with E-state index < -0.39 is 5.66 Å². The summed E-state index contributed by atoms with van der Waals surface area (Å²) in [6, 6.07) is 14.7. The fourth-order valence-corrected chi connectivity index (χ4v) is 5.24. The average molecular weight is 446 g/mol. The highest BCUT2D eigenvalue weighted by Gasteiger charge is 2.52. The standard InChI is InChI=1S/C26H27N3O4/c1-16-18-8-5-7-11-21(18)33-24(16)17(2)27-22(30)13-15-28-25(32)19-9-4-6-10-20(19)29-23(31)12-14-26(28,29)3/h4-11,17H,12-15H2,1-3H3,(H,27,30). The Bertz CT molecular complexity index is 1280. The smallest absolute Gasteiger partial charge is 0.257 e. The maximum atomic E-state index is 13.3. The van der Waals surface area contributed by atoms with Gasteiger partial charge in [-0.3, -0.25) is 19.3 Å². The van der Waals surface area contributed by atoms with Crippen molar-refractivity contribution in [1.82, 2.24) is 10.2 Å². The number of aryl methyl sites for hydroxylation is 1. The Kier molecular flexibility index (Phi) is 5.00. The Hall–Kier alpha value is -3.61. The van der Waals surface area contributed by atoms with Crippen LogP contribution in [0.25, 0.3) is 11.0 Å². The molecule has 2 aromatic carbocycles. The molecule has 3 heterocycles. The highest BCUT2D eigenvalue weighted by atomic mass is 16.3. The first-order chi connectivity index (χ1) is 15.8. The molecule has 1 saturated heterocycles. The second-order valence-electron chi connectivity index (χ2n) is 9.05. The van der Waals surface area contributed by atoms with E-state index in [1.165, 1.54) is 0 Å². The van der Waals surface area contributed by atoms with Crippen LogP contribution in [-0.4, -0.2) is 34.8 Å². The number of carbonyl (C=O) groups excluding carboxylic acids is 3. The third kappa shape index (κ3) is 3.30. The number of carbonyl (C=O) groups is 3. The van der Waals surface area contributed by atoms with Gasteiger partial charge in [0.1, 0.15) is 17.0 Å². The molecule has 0 aliphatic carbocycles. The summed E-state index contributed by atoms with van der Waals surface area (Å²) >= 11 is 0. The zero-order valence-electron chi connectivity index (χ0n) is 19.1. The molecule has 0 radical (unpaired) electrons. The first kappa shape index (κ1) is 21.2. The van der Waals surface area contributed by atoms with Crippen LogP contribution in [0.5, 0.6) is 0 Å². The lowest BCUT2D eigenvalue weighted by atomic mass is 9.98. The number of benzene rings is 2. The van der Waals surface area contributed by atoms with E-state index in [2.05, 4.69) is 5.32 Å². The van der Waals surface area contributed by atoms with Crippen molar-refractivity contribution < 1.29 is 18.8 Å². The van der Waals surface area contributed by atoms with E-state index in [-0.39, 0.29) is 36.7 Å². The van der Waals surface area contributed by atoms with Gasteiger partial charge in [-0.2, -0.15) is 0 Å². The summed E-state index contributed by atoms with van der Waals surface area (Å²) < 4.78 is 5.97. The second kappa shape index (κ2) is 7.76. The molecule has 2 atom stereocenters. The maximum Gasteiger partial charge on any atom is 0.257 e. The molecule has 2 unspecified atom stereocenters. The third-order valence-electron chi connectivity index (χ3n) is 6.96. The number of fused-ring (bicyclic) bond motifs is 4. The van der Waals surface area contributed by atoms with Crippen LogP contribution in [0, 0.1) is 6.92 Å². The summed E-state index contributed by atoms with van der Waals surface area (Å²) in [6.45, 7) is 6.01. The average Bonchev–Trinajstić information content (AvgIpc) is 3.30. The van der Waals surface area contributed by atoms with Crippen molar-refractivity contribution in [3.05, 3.63) is 65.4 Å². The van der Waals surface area contributed by atoms with Gasteiger partial charge in [-0.15, -0.1) is 0 Å². The second-order valence-corrected chi connectivity index (χ2v) is 9.05. The topological polar surface area (TPSA) is 82.9 Å². The van der Waals surface area contributed by atoms with Gasteiger partial charge in [0.15, 0.2) is 0 Å². The predicted molar refractivity (Wildman–Crippen MR) is 125 cm³/mol. The van der Waals surface area contributed by atoms with E-state index in [0.717, 1.165) is 22.3 Å². The predicted octanol–water partition coefficient (Wildman–Crippen LogP) is 4.31.